The quantitative estimate of drug-likeness (QED) is 0.708. The molecule has 4 N–H and O–H groups in total. The summed E-state index contributed by atoms with van der Waals surface area (Å²) in [5.74, 6) is -0.711. The molecule has 0 bridgehead atoms. The highest BCUT2D eigenvalue weighted by Gasteiger charge is 2.39. The van der Waals surface area contributed by atoms with Gasteiger partial charge >= 0.3 is 0 Å². The number of benzene rings is 1. The van der Waals surface area contributed by atoms with E-state index >= 15 is 0 Å². The number of anilines is 1. The van der Waals surface area contributed by atoms with Crippen molar-refractivity contribution in [2.45, 2.75) is 43.7 Å². The van der Waals surface area contributed by atoms with Gasteiger partial charge in [0, 0.05) is 4.47 Å². The highest BCUT2D eigenvalue weighted by molar-refractivity contribution is 9.10. The average molecular weight is 369 g/mol. The Bertz CT molecular complexity index is 624. The van der Waals surface area contributed by atoms with Crippen molar-refractivity contribution in [3.63, 3.8) is 0 Å². The number of nitrogen functional groups attached to an aromatic ring is 1. The zero-order valence-electron chi connectivity index (χ0n) is 11.7. The van der Waals surface area contributed by atoms with E-state index in [1.54, 1.807) is 13.8 Å². The third-order valence-electron chi connectivity index (χ3n) is 3.26. The van der Waals surface area contributed by atoms with Crippen molar-refractivity contribution in [2.75, 3.05) is 5.73 Å². The van der Waals surface area contributed by atoms with Crippen LogP contribution in [0.3, 0.4) is 0 Å². The Hall–Kier alpha value is -0.700. The molecule has 0 saturated heterocycles. The summed E-state index contributed by atoms with van der Waals surface area (Å²) in [6.07, 6.45) is 0. The molecule has 0 spiro atoms. The van der Waals surface area contributed by atoms with Gasteiger partial charge in [0.25, 0.3) is 0 Å². The second-order valence-electron chi connectivity index (χ2n) is 5.59. The van der Waals surface area contributed by atoms with Crippen LogP contribution in [0.1, 0.15) is 27.7 Å². The standard InChI is InChI=1S/C12H18BrFN2O3S/c1-11(2,12(3,4)17)16-20(18,19)10-6-9(15)8(14)5-7(10)13/h5-6,16-17H,15H2,1-4H3. The monoisotopic (exact) mass is 368 g/mol. The lowest BCUT2D eigenvalue weighted by molar-refractivity contribution is 0.00638. The Morgan fingerprint density at radius 2 is 1.80 bits per heavy atom. The summed E-state index contributed by atoms with van der Waals surface area (Å²) in [6, 6.07) is 2.02. The first kappa shape index (κ1) is 17.4. The van der Waals surface area contributed by atoms with Crippen molar-refractivity contribution in [3.05, 3.63) is 22.4 Å². The van der Waals surface area contributed by atoms with Gasteiger partial charge in [0.05, 0.1) is 21.7 Å². The van der Waals surface area contributed by atoms with Crippen LogP contribution in [-0.4, -0.2) is 24.7 Å². The van der Waals surface area contributed by atoms with Gasteiger partial charge in [0.1, 0.15) is 5.82 Å². The second kappa shape index (κ2) is 5.25. The highest BCUT2D eigenvalue weighted by atomic mass is 79.9. The molecule has 0 aliphatic heterocycles. The SMILES string of the molecule is CC(C)(O)C(C)(C)NS(=O)(=O)c1cc(N)c(F)cc1Br. The fourth-order valence-electron chi connectivity index (χ4n) is 1.27. The molecule has 0 aromatic heterocycles. The van der Waals surface area contributed by atoms with Gasteiger partial charge in [-0.25, -0.2) is 17.5 Å². The van der Waals surface area contributed by atoms with Gasteiger partial charge in [-0.15, -0.1) is 0 Å². The lowest BCUT2D eigenvalue weighted by Gasteiger charge is -2.37. The summed E-state index contributed by atoms with van der Waals surface area (Å²) >= 11 is 3.00. The first-order valence-corrected chi connectivity index (χ1v) is 8.06. The first-order chi connectivity index (χ1) is 8.78. The normalized spacial score (nSPS) is 13.6. The molecule has 1 aromatic carbocycles. The maximum absolute atomic E-state index is 13.3. The summed E-state index contributed by atoms with van der Waals surface area (Å²) in [4.78, 5) is -0.186. The van der Waals surface area contributed by atoms with E-state index in [0.717, 1.165) is 12.1 Å². The molecule has 0 fully saturated rings. The second-order valence-corrected chi connectivity index (χ2v) is 8.10. The van der Waals surface area contributed by atoms with Crippen molar-refractivity contribution in [3.8, 4) is 0 Å². The summed E-state index contributed by atoms with van der Waals surface area (Å²) in [5, 5.41) is 10.0. The zero-order valence-corrected chi connectivity index (χ0v) is 14.1. The Morgan fingerprint density at radius 3 is 2.25 bits per heavy atom. The third-order valence-corrected chi connectivity index (χ3v) is 5.87. The van der Waals surface area contributed by atoms with Gasteiger partial charge < -0.3 is 10.8 Å². The number of aliphatic hydroxyl groups is 1. The Labute approximate surface area is 126 Å². The number of sulfonamides is 1. The minimum Gasteiger partial charge on any atom is -0.396 e. The van der Waals surface area contributed by atoms with Gasteiger partial charge in [0.2, 0.25) is 10.0 Å². The first-order valence-electron chi connectivity index (χ1n) is 5.79. The van der Waals surface area contributed by atoms with E-state index < -0.39 is 27.0 Å². The van der Waals surface area contributed by atoms with Crippen molar-refractivity contribution >= 4 is 31.6 Å². The lowest BCUT2D eigenvalue weighted by atomic mass is 9.87. The van der Waals surface area contributed by atoms with Gasteiger partial charge in [-0.2, -0.15) is 0 Å². The van der Waals surface area contributed by atoms with Crippen LogP contribution in [0.4, 0.5) is 10.1 Å². The van der Waals surface area contributed by atoms with E-state index in [2.05, 4.69) is 20.7 Å². The smallest absolute Gasteiger partial charge is 0.242 e. The van der Waals surface area contributed by atoms with Crippen molar-refractivity contribution < 1.29 is 17.9 Å². The van der Waals surface area contributed by atoms with Crippen LogP contribution in [0.25, 0.3) is 0 Å². The number of halogens is 2. The topological polar surface area (TPSA) is 92.4 Å². The predicted molar refractivity (Wildman–Crippen MR) is 79.2 cm³/mol. The molecular formula is C12H18BrFN2O3S. The van der Waals surface area contributed by atoms with Crippen LogP contribution in [-0.2, 0) is 10.0 Å². The van der Waals surface area contributed by atoms with Crippen LogP contribution in [0, 0.1) is 5.82 Å². The Kier molecular flexibility index (Phi) is 4.55. The lowest BCUT2D eigenvalue weighted by Crippen LogP contribution is -2.57. The number of nitrogens with one attached hydrogen (secondary N) is 1. The fourth-order valence-corrected chi connectivity index (χ4v) is 3.85. The molecule has 0 aliphatic rings. The van der Waals surface area contributed by atoms with Crippen LogP contribution < -0.4 is 10.5 Å². The summed E-state index contributed by atoms with van der Waals surface area (Å²) < 4.78 is 40.4. The largest absolute Gasteiger partial charge is 0.396 e. The molecule has 114 valence electrons. The fraction of sp³-hybridized carbons (Fsp3) is 0.500. The number of rotatable bonds is 4. The summed E-state index contributed by atoms with van der Waals surface area (Å²) in [6.45, 7) is 6.07. The molecule has 1 rings (SSSR count). The molecule has 0 aliphatic carbocycles. The minimum absolute atomic E-state index is 0.0586. The van der Waals surface area contributed by atoms with E-state index in [4.69, 9.17) is 5.73 Å². The summed E-state index contributed by atoms with van der Waals surface area (Å²) in [5.41, 5.74) is 2.71. The molecule has 8 heteroatoms. The molecule has 0 unspecified atom stereocenters. The van der Waals surface area contributed by atoms with E-state index in [1.807, 2.05) is 0 Å². The summed E-state index contributed by atoms with van der Waals surface area (Å²) in [7, 11) is -3.97. The maximum atomic E-state index is 13.3. The van der Waals surface area contributed by atoms with Crippen LogP contribution in [0.5, 0.6) is 0 Å². The number of hydrogen-bond donors (Lipinski definition) is 3. The van der Waals surface area contributed by atoms with Crippen LogP contribution >= 0.6 is 15.9 Å². The predicted octanol–water partition coefficient (Wildman–Crippen LogP) is 2.00. The Morgan fingerprint density at radius 1 is 1.30 bits per heavy atom. The number of hydrogen-bond acceptors (Lipinski definition) is 4. The molecule has 0 radical (unpaired) electrons. The zero-order chi connectivity index (χ0) is 15.9. The van der Waals surface area contributed by atoms with Crippen molar-refractivity contribution in [1.29, 1.82) is 0 Å². The number of nitrogens with two attached hydrogens (primary N) is 1. The maximum Gasteiger partial charge on any atom is 0.242 e. The molecule has 0 saturated carbocycles. The van der Waals surface area contributed by atoms with Gasteiger partial charge in [-0.3, -0.25) is 0 Å². The molecule has 1 aromatic rings. The van der Waals surface area contributed by atoms with Crippen molar-refractivity contribution in [2.24, 2.45) is 0 Å². The molecular weight excluding hydrogens is 351 g/mol. The highest BCUT2D eigenvalue weighted by Crippen LogP contribution is 2.29. The third kappa shape index (κ3) is 3.49. The van der Waals surface area contributed by atoms with E-state index in [0.29, 0.717) is 0 Å². The van der Waals surface area contributed by atoms with E-state index in [-0.39, 0.29) is 15.1 Å². The van der Waals surface area contributed by atoms with E-state index in [1.165, 1.54) is 13.8 Å². The molecule has 20 heavy (non-hydrogen) atoms. The van der Waals surface area contributed by atoms with E-state index in [9.17, 15) is 17.9 Å². The molecule has 5 nitrogen and oxygen atoms in total. The molecule has 0 heterocycles. The molecule has 0 atom stereocenters. The minimum atomic E-state index is -3.97. The Balaban J connectivity index is 3.29. The van der Waals surface area contributed by atoms with Crippen molar-refractivity contribution in [1.82, 2.24) is 4.72 Å². The van der Waals surface area contributed by atoms with Gasteiger partial charge in [-0.05, 0) is 55.8 Å². The van der Waals surface area contributed by atoms with Crippen LogP contribution in [0.15, 0.2) is 21.5 Å². The van der Waals surface area contributed by atoms with Crippen LogP contribution in [0.2, 0.25) is 0 Å². The molecule has 0 amide bonds. The van der Waals surface area contributed by atoms with Gasteiger partial charge in [-0.1, -0.05) is 0 Å². The average Bonchev–Trinajstić information content (AvgIpc) is 2.19. The van der Waals surface area contributed by atoms with Gasteiger partial charge in [0.15, 0.2) is 0 Å².